The Hall–Kier alpha value is -1.14. The molecule has 0 bridgehead atoms. The summed E-state index contributed by atoms with van der Waals surface area (Å²) in [5.74, 6) is 0.804. The monoisotopic (exact) mass is 311 g/mol. The van der Waals surface area contributed by atoms with E-state index in [9.17, 15) is 5.11 Å². The van der Waals surface area contributed by atoms with E-state index in [1.54, 1.807) is 14.2 Å². The molecule has 0 radical (unpaired) electrons. The molecule has 1 aromatic rings. The normalized spacial score (nSPS) is 12.6. The summed E-state index contributed by atoms with van der Waals surface area (Å²) in [6, 6.07) is 7.98. The number of aliphatic hydroxyl groups is 1. The number of benzene rings is 1. The zero-order valence-electron chi connectivity index (χ0n) is 14.0. The Kier molecular flexibility index (Phi) is 9.82. The van der Waals surface area contributed by atoms with Crippen molar-refractivity contribution in [3.8, 4) is 5.75 Å². The van der Waals surface area contributed by atoms with Crippen molar-refractivity contribution in [2.45, 2.75) is 19.4 Å². The average molecular weight is 311 g/mol. The highest BCUT2D eigenvalue weighted by atomic mass is 16.5. The summed E-state index contributed by atoms with van der Waals surface area (Å²) in [6.45, 7) is 5.73. The van der Waals surface area contributed by atoms with E-state index in [2.05, 4.69) is 17.9 Å². The summed E-state index contributed by atoms with van der Waals surface area (Å²) < 4.78 is 15.9. The number of nitrogens with zero attached hydrogens (tertiary/aromatic N) is 1. The Morgan fingerprint density at radius 3 is 2.41 bits per heavy atom. The highest BCUT2D eigenvalue weighted by Crippen LogP contribution is 2.14. The second-order valence-corrected chi connectivity index (χ2v) is 5.25. The van der Waals surface area contributed by atoms with Gasteiger partial charge < -0.3 is 19.3 Å². The van der Waals surface area contributed by atoms with Gasteiger partial charge in [-0.3, -0.25) is 4.90 Å². The maximum atomic E-state index is 10.2. The molecule has 0 spiro atoms. The third kappa shape index (κ3) is 7.75. The molecule has 0 heterocycles. The standard InChI is InChI=1S/C17H29NO4/c1-4-15-6-5-7-17(12-15)22-14-16(19)13-18(8-10-20-2)9-11-21-3/h5-7,12,16,19H,4,8-11,13-14H2,1-3H3/t16-/m0/s1. The molecule has 0 fully saturated rings. The Labute approximate surface area is 133 Å². The lowest BCUT2D eigenvalue weighted by Gasteiger charge is -2.24. The van der Waals surface area contributed by atoms with Gasteiger partial charge in [0.1, 0.15) is 18.5 Å². The quantitative estimate of drug-likeness (QED) is 0.635. The summed E-state index contributed by atoms with van der Waals surface area (Å²) in [7, 11) is 3.35. The van der Waals surface area contributed by atoms with Crippen molar-refractivity contribution in [1.82, 2.24) is 4.90 Å². The Bertz CT molecular complexity index is 392. The van der Waals surface area contributed by atoms with Crippen molar-refractivity contribution in [2.75, 3.05) is 53.7 Å². The fourth-order valence-electron chi connectivity index (χ4n) is 2.13. The molecule has 0 aliphatic carbocycles. The van der Waals surface area contributed by atoms with Crippen LogP contribution in [0.5, 0.6) is 5.75 Å². The highest BCUT2D eigenvalue weighted by Gasteiger charge is 2.12. The molecular weight excluding hydrogens is 282 g/mol. The van der Waals surface area contributed by atoms with Gasteiger partial charge in [0.05, 0.1) is 13.2 Å². The molecule has 5 nitrogen and oxygen atoms in total. The summed E-state index contributed by atoms with van der Waals surface area (Å²) in [5, 5.41) is 10.2. The van der Waals surface area contributed by atoms with Crippen molar-refractivity contribution in [2.24, 2.45) is 0 Å². The van der Waals surface area contributed by atoms with Crippen LogP contribution in [-0.2, 0) is 15.9 Å². The molecule has 0 saturated carbocycles. The molecule has 1 atom stereocenters. The van der Waals surface area contributed by atoms with Crippen LogP contribution in [0.2, 0.25) is 0 Å². The van der Waals surface area contributed by atoms with Crippen LogP contribution in [0.3, 0.4) is 0 Å². The molecule has 0 unspecified atom stereocenters. The fourth-order valence-corrected chi connectivity index (χ4v) is 2.13. The first-order valence-electron chi connectivity index (χ1n) is 7.79. The van der Waals surface area contributed by atoms with Gasteiger partial charge >= 0.3 is 0 Å². The molecule has 0 saturated heterocycles. The minimum absolute atomic E-state index is 0.281. The lowest BCUT2D eigenvalue weighted by Crippen LogP contribution is -2.39. The molecule has 22 heavy (non-hydrogen) atoms. The average Bonchev–Trinajstić information content (AvgIpc) is 2.55. The molecule has 0 aromatic heterocycles. The lowest BCUT2D eigenvalue weighted by atomic mass is 10.2. The van der Waals surface area contributed by atoms with Gasteiger partial charge in [0.25, 0.3) is 0 Å². The van der Waals surface area contributed by atoms with E-state index in [4.69, 9.17) is 14.2 Å². The third-order valence-corrected chi connectivity index (χ3v) is 3.44. The number of aryl methyl sites for hydroxylation is 1. The molecular formula is C17H29NO4. The van der Waals surface area contributed by atoms with Crippen molar-refractivity contribution < 1.29 is 19.3 Å². The number of aliphatic hydroxyl groups excluding tert-OH is 1. The molecule has 0 aliphatic rings. The largest absolute Gasteiger partial charge is 0.491 e. The van der Waals surface area contributed by atoms with Crippen LogP contribution in [0.25, 0.3) is 0 Å². The molecule has 5 heteroatoms. The van der Waals surface area contributed by atoms with Gasteiger partial charge in [-0.15, -0.1) is 0 Å². The van der Waals surface area contributed by atoms with Crippen LogP contribution >= 0.6 is 0 Å². The first kappa shape index (κ1) is 18.9. The van der Waals surface area contributed by atoms with Gasteiger partial charge in [0.2, 0.25) is 0 Å². The second kappa shape index (κ2) is 11.4. The van der Waals surface area contributed by atoms with Crippen LogP contribution in [-0.4, -0.2) is 69.8 Å². The molecule has 0 amide bonds. The lowest BCUT2D eigenvalue weighted by molar-refractivity contribution is 0.0460. The van der Waals surface area contributed by atoms with Crippen molar-refractivity contribution in [1.29, 1.82) is 0 Å². The zero-order chi connectivity index (χ0) is 16.2. The molecule has 126 valence electrons. The molecule has 1 N–H and O–H groups in total. The van der Waals surface area contributed by atoms with Crippen LogP contribution in [0.1, 0.15) is 12.5 Å². The van der Waals surface area contributed by atoms with Crippen LogP contribution in [0.4, 0.5) is 0 Å². The van der Waals surface area contributed by atoms with E-state index in [0.717, 1.165) is 25.3 Å². The first-order chi connectivity index (χ1) is 10.7. The van der Waals surface area contributed by atoms with E-state index in [1.807, 2.05) is 18.2 Å². The Morgan fingerprint density at radius 2 is 1.82 bits per heavy atom. The van der Waals surface area contributed by atoms with Gasteiger partial charge in [-0.05, 0) is 24.1 Å². The van der Waals surface area contributed by atoms with Crippen molar-refractivity contribution in [3.05, 3.63) is 29.8 Å². The third-order valence-electron chi connectivity index (χ3n) is 3.44. The highest BCUT2D eigenvalue weighted by molar-refractivity contribution is 5.28. The number of ether oxygens (including phenoxy) is 3. The van der Waals surface area contributed by atoms with E-state index < -0.39 is 6.10 Å². The van der Waals surface area contributed by atoms with Crippen LogP contribution in [0, 0.1) is 0 Å². The van der Waals surface area contributed by atoms with E-state index in [1.165, 1.54) is 5.56 Å². The van der Waals surface area contributed by atoms with Gasteiger partial charge in [-0.1, -0.05) is 19.1 Å². The summed E-state index contributed by atoms with van der Waals surface area (Å²) in [4.78, 5) is 2.11. The zero-order valence-corrected chi connectivity index (χ0v) is 14.0. The van der Waals surface area contributed by atoms with E-state index in [0.29, 0.717) is 19.8 Å². The maximum Gasteiger partial charge on any atom is 0.119 e. The molecule has 1 rings (SSSR count). The van der Waals surface area contributed by atoms with Crippen LogP contribution < -0.4 is 4.74 Å². The molecule has 0 aliphatic heterocycles. The van der Waals surface area contributed by atoms with Crippen molar-refractivity contribution >= 4 is 0 Å². The number of rotatable bonds is 12. The maximum absolute atomic E-state index is 10.2. The van der Waals surface area contributed by atoms with Crippen LogP contribution in [0.15, 0.2) is 24.3 Å². The predicted molar refractivity (Wildman–Crippen MR) is 87.5 cm³/mol. The Morgan fingerprint density at radius 1 is 1.14 bits per heavy atom. The fraction of sp³-hybridized carbons (Fsp3) is 0.647. The van der Waals surface area contributed by atoms with Gasteiger partial charge in [0, 0.05) is 33.9 Å². The smallest absolute Gasteiger partial charge is 0.119 e. The SMILES string of the molecule is CCc1cccc(OC[C@@H](O)CN(CCOC)CCOC)c1. The predicted octanol–water partition coefficient (Wildman–Crippen LogP) is 1.58. The van der Waals surface area contributed by atoms with E-state index in [-0.39, 0.29) is 6.61 Å². The minimum atomic E-state index is -0.543. The first-order valence-corrected chi connectivity index (χ1v) is 7.79. The van der Waals surface area contributed by atoms with E-state index >= 15 is 0 Å². The molecule has 1 aromatic carbocycles. The number of methoxy groups -OCH3 is 2. The topological polar surface area (TPSA) is 51.2 Å². The summed E-state index contributed by atoms with van der Waals surface area (Å²) in [6.07, 6.45) is 0.431. The number of hydrogen-bond acceptors (Lipinski definition) is 5. The van der Waals surface area contributed by atoms with Gasteiger partial charge in [0.15, 0.2) is 0 Å². The second-order valence-electron chi connectivity index (χ2n) is 5.25. The summed E-state index contributed by atoms with van der Waals surface area (Å²) in [5.41, 5.74) is 1.23. The minimum Gasteiger partial charge on any atom is -0.491 e. The van der Waals surface area contributed by atoms with Gasteiger partial charge in [-0.2, -0.15) is 0 Å². The van der Waals surface area contributed by atoms with Gasteiger partial charge in [-0.25, -0.2) is 0 Å². The number of hydrogen-bond donors (Lipinski definition) is 1. The Balaban J connectivity index is 2.39. The van der Waals surface area contributed by atoms with Crippen molar-refractivity contribution in [3.63, 3.8) is 0 Å². The summed E-state index contributed by atoms with van der Waals surface area (Å²) >= 11 is 0.